The Morgan fingerprint density at radius 3 is 2.81 bits per heavy atom. The van der Waals surface area contributed by atoms with E-state index in [9.17, 15) is 0 Å². The van der Waals surface area contributed by atoms with Crippen LogP contribution in [0.2, 0.25) is 0 Å². The van der Waals surface area contributed by atoms with Crippen LogP contribution in [0.4, 0.5) is 0 Å². The van der Waals surface area contributed by atoms with Crippen molar-refractivity contribution in [3.05, 3.63) is 29.3 Å². The maximum atomic E-state index is 8.94. The molecule has 0 unspecified atom stereocenters. The average molecular weight is 218 g/mol. The average Bonchev–Trinajstić information content (AvgIpc) is 2.25. The van der Waals surface area contributed by atoms with Crippen LogP contribution in [0.15, 0.2) is 18.2 Å². The molecule has 86 valence electrons. The van der Waals surface area contributed by atoms with Crippen LogP contribution in [0.5, 0.6) is 5.75 Å². The van der Waals surface area contributed by atoms with Crippen LogP contribution >= 0.6 is 0 Å². The highest BCUT2D eigenvalue weighted by molar-refractivity contribution is 5.47. The summed E-state index contributed by atoms with van der Waals surface area (Å²) in [6.07, 6.45) is 0. The number of benzene rings is 1. The molecular formula is C13H18N2O. The molecule has 0 heterocycles. The topological polar surface area (TPSA) is 45.0 Å². The molecule has 0 aliphatic carbocycles. The normalized spacial score (nSPS) is 10.2. The van der Waals surface area contributed by atoms with Crippen LogP contribution in [0.3, 0.4) is 0 Å². The summed E-state index contributed by atoms with van der Waals surface area (Å²) in [5.41, 5.74) is 1.60. The van der Waals surface area contributed by atoms with E-state index in [0.29, 0.717) is 24.0 Å². The third-order valence-corrected chi connectivity index (χ3v) is 2.23. The molecule has 0 amide bonds. The summed E-state index contributed by atoms with van der Waals surface area (Å²) in [6.45, 7) is 7.50. The number of rotatable bonds is 5. The fraction of sp³-hybridized carbons (Fsp3) is 0.462. The fourth-order valence-electron chi connectivity index (χ4n) is 1.43. The van der Waals surface area contributed by atoms with Crippen LogP contribution in [0.25, 0.3) is 0 Å². The molecule has 0 aliphatic rings. The first-order valence-corrected chi connectivity index (χ1v) is 5.51. The Morgan fingerprint density at radius 2 is 2.19 bits per heavy atom. The van der Waals surface area contributed by atoms with Crippen molar-refractivity contribution in [1.29, 1.82) is 5.26 Å². The highest BCUT2D eigenvalue weighted by Crippen LogP contribution is 2.22. The van der Waals surface area contributed by atoms with E-state index in [1.54, 1.807) is 6.07 Å². The molecule has 1 rings (SSSR count). The zero-order chi connectivity index (χ0) is 12.0. The first-order valence-electron chi connectivity index (χ1n) is 5.51. The number of para-hydroxylation sites is 1. The Kier molecular flexibility index (Phi) is 4.81. The van der Waals surface area contributed by atoms with Gasteiger partial charge in [0.2, 0.25) is 0 Å². The molecule has 0 aliphatic heterocycles. The molecule has 0 saturated heterocycles. The standard InChI is InChI=1S/C13H18N2O/c1-10(2)15-7-8-16-13-11(3)5-4-6-12(13)9-14/h4-6,10,15H,7-8H2,1-3H3. The van der Waals surface area contributed by atoms with E-state index in [1.165, 1.54) is 0 Å². The minimum absolute atomic E-state index is 0.455. The fourth-order valence-corrected chi connectivity index (χ4v) is 1.43. The number of nitrogens with zero attached hydrogens (tertiary/aromatic N) is 1. The second kappa shape index (κ2) is 6.14. The van der Waals surface area contributed by atoms with Gasteiger partial charge < -0.3 is 10.1 Å². The van der Waals surface area contributed by atoms with Crippen LogP contribution in [-0.4, -0.2) is 19.2 Å². The van der Waals surface area contributed by atoms with E-state index in [1.807, 2.05) is 19.1 Å². The number of nitrogens with one attached hydrogen (secondary N) is 1. The molecule has 0 aromatic heterocycles. The smallest absolute Gasteiger partial charge is 0.140 e. The van der Waals surface area contributed by atoms with Gasteiger partial charge >= 0.3 is 0 Å². The predicted molar refractivity (Wildman–Crippen MR) is 64.5 cm³/mol. The monoisotopic (exact) mass is 218 g/mol. The maximum absolute atomic E-state index is 8.94. The van der Waals surface area contributed by atoms with Gasteiger partial charge in [0.1, 0.15) is 18.4 Å². The largest absolute Gasteiger partial charge is 0.491 e. The zero-order valence-electron chi connectivity index (χ0n) is 10.1. The number of aryl methyl sites for hydroxylation is 1. The van der Waals surface area contributed by atoms with Gasteiger partial charge in [-0.05, 0) is 18.6 Å². The minimum Gasteiger partial charge on any atom is -0.491 e. The number of hydrogen-bond donors (Lipinski definition) is 1. The zero-order valence-corrected chi connectivity index (χ0v) is 10.1. The molecule has 3 heteroatoms. The van der Waals surface area contributed by atoms with Gasteiger partial charge in [0.25, 0.3) is 0 Å². The van der Waals surface area contributed by atoms with Crippen molar-refractivity contribution in [3.8, 4) is 11.8 Å². The summed E-state index contributed by atoms with van der Waals surface area (Å²) in [7, 11) is 0. The molecule has 0 fully saturated rings. The second-order valence-electron chi connectivity index (χ2n) is 4.02. The van der Waals surface area contributed by atoms with Crippen LogP contribution in [-0.2, 0) is 0 Å². The van der Waals surface area contributed by atoms with Crippen LogP contribution in [0, 0.1) is 18.3 Å². The van der Waals surface area contributed by atoms with E-state index in [2.05, 4.69) is 25.2 Å². The van der Waals surface area contributed by atoms with Crippen LogP contribution < -0.4 is 10.1 Å². The van der Waals surface area contributed by atoms with E-state index < -0.39 is 0 Å². The maximum Gasteiger partial charge on any atom is 0.140 e. The first-order chi connectivity index (χ1) is 7.65. The molecular weight excluding hydrogens is 200 g/mol. The third-order valence-electron chi connectivity index (χ3n) is 2.23. The number of nitriles is 1. The van der Waals surface area contributed by atoms with Crippen molar-refractivity contribution < 1.29 is 4.74 Å². The van der Waals surface area contributed by atoms with E-state index in [4.69, 9.17) is 10.00 Å². The Balaban J connectivity index is 2.57. The molecule has 3 nitrogen and oxygen atoms in total. The van der Waals surface area contributed by atoms with Gasteiger partial charge in [0.15, 0.2) is 0 Å². The van der Waals surface area contributed by atoms with E-state index >= 15 is 0 Å². The number of ether oxygens (including phenoxy) is 1. The van der Waals surface area contributed by atoms with Crippen molar-refractivity contribution in [2.75, 3.05) is 13.2 Å². The van der Waals surface area contributed by atoms with Gasteiger partial charge in [-0.3, -0.25) is 0 Å². The molecule has 0 saturated carbocycles. The van der Waals surface area contributed by atoms with Gasteiger partial charge in [-0.15, -0.1) is 0 Å². The van der Waals surface area contributed by atoms with Crippen molar-refractivity contribution >= 4 is 0 Å². The van der Waals surface area contributed by atoms with Crippen molar-refractivity contribution in [1.82, 2.24) is 5.32 Å². The second-order valence-corrected chi connectivity index (χ2v) is 4.02. The summed E-state index contributed by atoms with van der Waals surface area (Å²) >= 11 is 0. The molecule has 1 aromatic rings. The van der Waals surface area contributed by atoms with Crippen LogP contribution in [0.1, 0.15) is 25.0 Å². The van der Waals surface area contributed by atoms with E-state index in [-0.39, 0.29) is 0 Å². The van der Waals surface area contributed by atoms with Crippen molar-refractivity contribution in [2.24, 2.45) is 0 Å². The molecule has 0 radical (unpaired) electrons. The lowest BCUT2D eigenvalue weighted by atomic mass is 10.1. The minimum atomic E-state index is 0.455. The summed E-state index contributed by atoms with van der Waals surface area (Å²) < 4.78 is 5.62. The Morgan fingerprint density at radius 1 is 1.44 bits per heavy atom. The summed E-state index contributed by atoms with van der Waals surface area (Å²) in [6, 6.07) is 8.19. The first kappa shape index (κ1) is 12.5. The van der Waals surface area contributed by atoms with Gasteiger partial charge in [-0.25, -0.2) is 0 Å². The molecule has 16 heavy (non-hydrogen) atoms. The highest BCUT2D eigenvalue weighted by Gasteiger charge is 2.05. The molecule has 0 bridgehead atoms. The SMILES string of the molecule is Cc1cccc(C#N)c1OCCNC(C)C. The molecule has 1 aromatic carbocycles. The van der Waals surface area contributed by atoms with E-state index in [0.717, 1.165) is 12.1 Å². The van der Waals surface area contributed by atoms with Gasteiger partial charge in [0, 0.05) is 12.6 Å². The third kappa shape index (κ3) is 3.56. The highest BCUT2D eigenvalue weighted by atomic mass is 16.5. The lowest BCUT2D eigenvalue weighted by Crippen LogP contribution is -2.27. The summed E-state index contributed by atoms with van der Waals surface area (Å²) in [5.74, 6) is 0.704. The molecule has 0 atom stereocenters. The summed E-state index contributed by atoms with van der Waals surface area (Å²) in [5, 5.41) is 12.2. The Hall–Kier alpha value is -1.53. The van der Waals surface area contributed by atoms with Crippen molar-refractivity contribution in [2.45, 2.75) is 26.8 Å². The van der Waals surface area contributed by atoms with Crippen molar-refractivity contribution in [3.63, 3.8) is 0 Å². The van der Waals surface area contributed by atoms with Gasteiger partial charge in [-0.2, -0.15) is 5.26 Å². The predicted octanol–water partition coefficient (Wildman–Crippen LogP) is 2.24. The molecule has 1 N–H and O–H groups in total. The lowest BCUT2D eigenvalue weighted by molar-refractivity contribution is 0.306. The van der Waals surface area contributed by atoms with Gasteiger partial charge in [0.05, 0.1) is 5.56 Å². The number of hydrogen-bond acceptors (Lipinski definition) is 3. The molecule has 0 spiro atoms. The quantitative estimate of drug-likeness (QED) is 0.771. The Bertz CT molecular complexity index is 380. The van der Waals surface area contributed by atoms with Gasteiger partial charge in [-0.1, -0.05) is 26.0 Å². The lowest BCUT2D eigenvalue weighted by Gasteiger charge is -2.12. The summed E-state index contributed by atoms with van der Waals surface area (Å²) in [4.78, 5) is 0. The Labute approximate surface area is 97.0 Å².